The van der Waals surface area contributed by atoms with Gasteiger partial charge < -0.3 is 9.47 Å². The van der Waals surface area contributed by atoms with E-state index in [-0.39, 0.29) is 17.7 Å². The van der Waals surface area contributed by atoms with Gasteiger partial charge in [-0.3, -0.25) is 14.5 Å². The number of ether oxygens (including phenoxy) is 2. The Kier molecular flexibility index (Phi) is 7.98. The number of rotatable bonds is 8. The van der Waals surface area contributed by atoms with E-state index in [1.54, 1.807) is 12.1 Å². The van der Waals surface area contributed by atoms with E-state index in [0.717, 1.165) is 32.9 Å². The molecule has 4 rings (SSSR count). The number of amides is 2. The first-order valence-electron chi connectivity index (χ1n) is 10.6. The third-order valence-electron chi connectivity index (χ3n) is 5.00. The molecule has 3 aromatic rings. The fraction of sp³-hybridized carbons (Fsp3) is 0.154. The van der Waals surface area contributed by atoms with Gasteiger partial charge in [0.1, 0.15) is 6.61 Å². The summed E-state index contributed by atoms with van der Waals surface area (Å²) in [4.78, 5) is 27.0. The van der Waals surface area contributed by atoms with Crippen molar-refractivity contribution in [2.75, 3.05) is 6.61 Å². The zero-order valence-corrected chi connectivity index (χ0v) is 21.5. The summed E-state index contributed by atoms with van der Waals surface area (Å²) in [5.41, 5.74) is 2.61. The summed E-state index contributed by atoms with van der Waals surface area (Å²) >= 11 is 10.3. The predicted octanol–water partition coefficient (Wildman–Crippen LogP) is 7.32. The molecule has 0 bridgehead atoms. The summed E-state index contributed by atoms with van der Waals surface area (Å²) in [6.45, 7) is 2.95. The van der Waals surface area contributed by atoms with Gasteiger partial charge in [0.05, 0.1) is 18.1 Å². The first-order valence-corrected chi connectivity index (χ1v) is 12.6. The van der Waals surface area contributed by atoms with Crippen LogP contribution in [-0.2, 0) is 17.9 Å². The highest BCUT2D eigenvalue weighted by molar-refractivity contribution is 9.10. The SMILES string of the molecule is CCOc1cc(/C=C2\SC(=O)N(Cc3ccc(Br)cc3)C2=O)ccc1OCc1ccc(Cl)cc1. The van der Waals surface area contributed by atoms with Crippen LogP contribution in [0.5, 0.6) is 11.5 Å². The quantitative estimate of drug-likeness (QED) is 0.271. The van der Waals surface area contributed by atoms with Crippen molar-refractivity contribution in [2.45, 2.75) is 20.1 Å². The first kappa shape index (κ1) is 24.4. The summed E-state index contributed by atoms with van der Waals surface area (Å²) in [6, 6.07) is 20.4. The lowest BCUT2D eigenvalue weighted by Crippen LogP contribution is -2.27. The number of hydrogen-bond acceptors (Lipinski definition) is 5. The highest BCUT2D eigenvalue weighted by Gasteiger charge is 2.35. The van der Waals surface area contributed by atoms with E-state index in [9.17, 15) is 9.59 Å². The maximum Gasteiger partial charge on any atom is 0.293 e. The number of halogens is 2. The maximum atomic E-state index is 12.9. The van der Waals surface area contributed by atoms with Gasteiger partial charge in [0, 0.05) is 9.50 Å². The molecule has 0 saturated carbocycles. The first-order chi connectivity index (χ1) is 16.4. The zero-order chi connectivity index (χ0) is 24.1. The van der Waals surface area contributed by atoms with Crippen LogP contribution in [0.25, 0.3) is 6.08 Å². The highest BCUT2D eigenvalue weighted by Crippen LogP contribution is 2.35. The van der Waals surface area contributed by atoms with E-state index < -0.39 is 0 Å². The normalized spacial score (nSPS) is 14.7. The smallest absolute Gasteiger partial charge is 0.293 e. The summed E-state index contributed by atoms with van der Waals surface area (Å²) < 4.78 is 12.6. The van der Waals surface area contributed by atoms with Crippen LogP contribution in [-0.4, -0.2) is 22.7 Å². The van der Waals surface area contributed by atoms with Crippen LogP contribution in [0.4, 0.5) is 4.79 Å². The Labute approximate surface area is 215 Å². The lowest BCUT2D eigenvalue weighted by atomic mass is 10.1. The second-order valence-electron chi connectivity index (χ2n) is 7.45. The zero-order valence-electron chi connectivity index (χ0n) is 18.3. The lowest BCUT2D eigenvalue weighted by molar-refractivity contribution is -0.123. The molecule has 174 valence electrons. The molecule has 8 heteroatoms. The van der Waals surface area contributed by atoms with Crippen molar-refractivity contribution in [3.8, 4) is 11.5 Å². The molecule has 1 fully saturated rings. The van der Waals surface area contributed by atoms with Gasteiger partial charge >= 0.3 is 0 Å². The summed E-state index contributed by atoms with van der Waals surface area (Å²) in [5, 5.41) is 0.386. The maximum absolute atomic E-state index is 12.9. The van der Waals surface area contributed by atoms with E-state index in [2.05, 4.69) is 15.9 Å². The van der Waals surface area contributed by atoms with Crippen molar-refractivity contribution in [1.82, 2.24) is 4.90 Å². The van der Waals surface area contributed by atoms with Crippen LogP contribution in [0.1, 0.15) is 23.6 Å². The van der Waals surface area contributed by atoms with Gasteiger partial charge in [-0.25, -0.2) is 0 Å². The molecular formula is C26H21BrClNO4S. The minimum atomic E-state index is -0.307. The lowest BCUT2D eigenvalue weighted by Gasteiger charge is -2.13. The van der Waals surface area contributed by atoms with Crippen LogP contribution >= 0.6 is 39.3 Å². The van der Waals surface area contributed by atoms with E-state index >= 15 is 0 Å². The van der Waals surface area contributed by atoms with Gasteiger partial charge in [-0.15, -0.1) is 0 Å². The van der Waals surface area contributed by atoms with Gasteiger partial charge in [0.15, 0.2) is 11.5 Å². The van der Waals surface area contributed by atoms with Crippen LogP contribution < -0.4 is 9.47 Å². The number of carbonyl (C=O) groups excluding carboxylic acids is 2. The Hall–Kier alpha value is -2.74. The summed E-state index contributed by atoms with van der Waals surface area (Å²) in [7, 11) is 0. The number of benzene rings is 3. The topological polar surface area (TPSA) is 55.8 Å². The fourth-order valence-corrected chi connectivity index (χ4v) is 4.53. The molecule has 1 heterocycles. The molecule has 0 aromatic heterocycles. The van der Waals surface area contributed by atoms with E-state index in [1.807, 2.05) is 67.6 Å². The summed E-state index contributed by atoms with van der Waals surface area (Å²) in [5.74, 6) is 0.857. The minimum Gasteiger partial charge on any atom is -0.490 e. The fourth-order valence-electron chi connectivity index (χ4n) is 3.30. The third kappa shape index (κ3) is 6.03. The second kappa shape index (κ2) is 11.1. The number of hydrogen-bond donors (Lipinski definition) is 0. The Morgan fingerprint density at radius 3 is 2.35 bits per heavy atom. The van der Waals surface area contributed by atoms with Crippen molar-refractivity contribution in [3.63, 3.8) is 0 Å². The Morgan fingerprint density at radius 2 is 1.65 bits per heavy atom. The Morgan fingerprint density at radius 1 is 0.941 bits per heavy atom. The van der Waals surface area contributed by atoms with Crippen molar-refractivity contribution < 1.29 is 19.1 Å². The van der Waals surface area contributed by atoms with Crippen molar-refractivity contribution >= 4 is 56.5 Å². The molecule has 0 radical (unpaired) electrons. The molecule has 3 aromatic carbocycles. The molecule has 0 aliphatic carbocycles. The van der Waals surface area contributed by atoms with E-state index in [0.29, 0.717) is 34.6 Å². The van der Waals surface area contributed by atoms with Gasteiger partial charge in [0.25, 0.3) is 11.1 Å². The molecule has 0 N–H and O–H groups in total. The largest absolute Gasteiger partial charge is 0.490 e. The number of carbonyl (C=O) groups is 2. The van der Waals surface area contributed by atoms with Gasteiger partial charge in [-0.05, 0) is 77.9 Å². The second-order valence-corrected chi connectivity index (χ2v) is 9.79. The van der Waals surface area contributed by atoms with Gasteiger partial charge in [-0.1, -0.05) is 57.9 Å². The molecule has 34 heavy (non-hydrogen) atoms. The predicted molar refractivity (Wildman–Crippen MR) is 139 cm³/mol. The number of nitrogens with zero attached hydrogens (tertiary/aromatic N) is 1. The Balaban J connectivity index is 1.49. The molecule has 0 unspecified atom stereocenters. The molecule has 1 aliphatic rings. The van der Waals surface area contributed by atoms with Crippen LogP contribution in [0.3, 0.4) is 0 Å². The highest BCUT2D eigenvalue weighted by atomic mass is 79.9. The van der Waals surface area contributed by atoms with Crippen LogP contribution in [0, 0.1) is 0 Å². The van der Waals surface area contributed by atoms with Crippen molar-refractivity contribution in [3.05, 3.63) is 97.8 Å². The van der Waals surface area contributed by atoms with E-state index in [4.69, 9.17) is 21.1 Å². The average Bonchev–Trinajstić information content (AvgIpc) is 3.08. The monoisotopic (exact) mass is 557 g/mol. The summed E-state index contributed by atoms with van der Waals surface area (Å²) in [6.07, 6.45) is 1.71. The third-order valence-corrected chi connectivity index (χ3v) is 6.69. The minimum absolute atomic E-state index is 0.233. The number of thioether (sulfide) groups is 1. The molecular weight excluding hydrogens is 538 g/mol. The number of imide groups is 1. The molecule has 0 spiro atoms. The standard InChI is InChI=1S/C26H21BrClNO4S/c1-2-32-23-13-19(7-12-22(23)33-16-18-5-10-21(28)11-6-18)14-24-25(30)29(26(31)34-24)15-17-3-8-20(27)9-4-17/h3-14H,2,15-16H2,1H3/b24-14-. The van der Waals surface area contributed by atoms with Gasteiger partial charge in [-0.2, -0.15) is 0 Å². The van der Waals surface area contributed by atoms with Crippen molar-refractivity contribution in [1.29, 1.82) is 0 Å². The molecule has 2 amide bonds. The van der Waals surface area contributed by atoms with Crippen molar-refractivity contribution in [2.24, 2.45) is 0 Å². The molecule has 1 saturated heterocycles. The van der Waals surface area contributed by atoms with Gasteiger partial charge in [0.2, 0.25) is 0 Å². The molecule has 5 nitrogen and oxygen atoms in total. The van der Waals surface area contributed by atoms with Crippen LogP contribution in [0.15, 0.2) is 76.1 Å². The average molecular weight is 559 g/mol. The Bertz CT molecular complexity index is 1230. The molecule has 1 aliphatic heterocycles. The van der Waals surface area contributed by atoms with E-state index in [1.165, 1.54) is 4.90 Å². The molecule has 0 atom stereocenters. The van der Waals surface area contributed by atoms with Crippen LogP contribution in [0.2, 0.25) is 5.02 Å².